The summed E-state index contributed by atoms with van der Waals surface area (Å²) in [5, 5.41) is 13.1. The van der Waals surface area contributed by atoms with Gasteiger partial charge in [-0.3, -0.25) is 4.68 Å². The van der Waals surface area contributed by atoms with Crippen molar-refractivity contribution in [3.05, 3.63) is 42.2 Å². The number of hydrogen-bond acceptors (Lipinski definition) is 3. The number of rotatable bonds is 3. The second-order valence-corrected chi connectivity index (χ2v) is 3.21. The van der Waals surface area contributed by atoms with Crippen LogP contribution in [-0.4, -0.2) is 22.0 Å². The first-order valence-electron chi connectivity index (χ1n) is 4.63. The SMILES string of the molecule is COc1ccccc1Cn1cc(O)cn1. The van der Waals surface area contributed by atoms with Crippen molar-refractivity contribution in [3.63, 3.8) is 0 Å². The highest BCUT2D eigenvalue weighted by Crippen LogP contribution is 2.18. The largest absolute Gasteiger partial charge is 0.505 e. The monoisotopic (exact) mass is 204 g/mol. The van der Waals surface area contributed by atoms with Crippen molar-refractivity contribution < 1.29 is 9.84 Å². The van der Waals surface area contributed by atoms with Gasteiger partial charge < -0.3 is 9.84 Å². The molecule has 0 aliphatic heterocycles. The number of hydrogen-bond donors (Lipinski definition) is 1. The number of nitrogens with zero attached hydrogens (tertiary/aromatic N) is 2. The van der Waals surface area contributed by atoms with Gasteiger partial charge in [0.25, 0.3) is 0 Å². The Morgan fingerprint density at radius 1 is 1.40 bits per heavy atom. The molecular weight excluding hydrogens is 192 g/mol. The highest BCUT2D eigenvalue weighted by atomic mass is 16.5. The van der Waals surface area contributed by atoms with E-state index in [9.17, 15) is 0 Å². The Bertz CT molecular complexity index is 451. The maximum atomic E-state index is 9.14. The fourth-order valence-corrected chi connectivity index (χ4v) is 1.45. The molecule has 0 aliphatic rings. The predicted molar refractivity (Wildman–Crippen MR) is 56.0 cm³/mol. The molecule has 0 saturated heterocycles. The van der Waals surface area contributed by atoms with E-state index in [4.69, 9.17) is 9.84 Å². The van der Waals surface area contributed by atoms with E-state index in [0.29, 0.717) is 6.54 Å². The Labute approximate surface area is 87.7 Å². The van der Waals surface area contributed by atoms with Gasteiger partial charge in [-0.2, -0.15) is 5.10 Å². The van der Waals surface area contributed by atoms with E-state index in [-0.39, 0.29) is 5.75 Å². The quantitative estimate of drug-likeness (QED) is 0.826. The van der Waals surface area contributed by atoms with Crippen LogP contribution in [0, 0.1) is 0 Å². The molecule has 0 bridgehead atoms. The van der Waals surface area contributed by atoms with Crippen LogP contribution in [-0.2, 0) is 6.54 Å². The Balaban J connectivity index is 2.23. The minimum absolute atomic E-state index is 0.171. The van der Waals surface area contributed by atoms with Crippen LogP contribution >= 0.6 is 0 Å². The first-order valence-corrected chi connectivity index (χ1v) is 4.63. The van der Waals surface area contributed by atoms with E-state index in [2.05, 4.69) is 5.10 Å². The van der Waals surface area contributed by atoms with Crippen LogP contribution in [0.25, 0.3) is 0 Å². The zero-order valence-corrected chi connectivity index (χ0v) is 8.42. The molecule has 0 unspecified atom stereocenters. The maximum absolute atomic E-state index is 9.14. The van der Waals surface area contributed by atoms with Gasteiger partial charge in [-0.25, -0.2) is 0 Å². The average molecular weight is 204 g/mol. The van der Waals surface area contributed by atoms with Gasteiger partial charge in [0.1, 0.15) is 5.75 Å². The van der Waals surface area contributed by atoms with Crippen molar-refractivity contribution in [2.24, 2.45) is 0 Å². The molecule has 15 heavy (non-hydrogen) atoms. The Morgan fingerprint density at radius 3 is 2.87 bits per heavy atom. The van der Waals surface area contributed by atoms with Gasteiger partial charge in [-0.15, -0.1) is 0 Å². The van der Waals surface area contributed by atoms with Gasteiger partial charge in [0.05, 0.1) is 26.0 Å². The zero-order valence-electron chi connectivity index (χ0n) is 8.42. The van der Waals surface area contributed by atoms with E-state index in [1.807, 2.05) is 24.3 Å². The summed E-state index contributed by atoms with van der Waals surface area (Å²) < 4.78 is 6.88. The lowest BCUT2D eigenvalue weighted by Crippen LogP contribution is -2.01. The number of methoxy groups -OCH3 is 1. The van der Waals surface area contributed by atoms with Crippen molar-refractivity contribution in [2.45, 2.75) is 6.54 Å². The Kier molecular flexibility index (Phi) is 2.58. The molecule has 0 radical (unpaired) electrons. The topological polar surface area (TPSA) is 47.3 Å². The molecular formula is C11H12N2O2. The molecule has 4 nitrogen and oxygen atoms in total. The molecule has 0 fully saturated rings. The van der Waals surface area contributed by atoms with Crippen LogP contribution in [0.5, 0.6) is 11.5 Å². The smallest absolute Gasteiger partial charge is 0.153 e. The van der Waals surface area contributed by atoms with E-state index >= 15 is 0 Å². The highest BCUT2D eigenvalue weighted by molar-refractivity contribution is 5.33. The summed E-state index contributed by atoms with van der Waals surface area (Å²) in [6, 6.07) is 7.74. The molecule has 0 spiro atoms. The zero-order chi connectivity index (χ0) is 10.7. The molecule has 78 valence electrons. The summed E-state index contributed by atoms with van der Waals surface area (Å²) in [6.07, 6.45) is 2.99. The number of ether oxygens (including phenoxy) is 1. The van der Waals surface area contributed by atoms with Gasteiger partial charge >= 0.3 is 0 Å². The second kappa shape index (κ2) is 4.04. The van der Waals surface area contributed by atoms with E-state index in [1.54, 1.807) is 18.0 Å². The first kappa shape index (κ1) is 9.58. The molecule has 2 aromatic rings. The Morgan fingerprint density at radius 2 is 2.20 bits per heavy atom. The minimum Gasteiger partial charge on any atom is -0.505 e. The fourth-order valence-electron chi connectivity index (χ4n) is 1.45. The highest BCUT2D eigenvalue weighted by Gasteiger charge is 2.03. The lowest BCUT2D eigenvalue weighted by Gasteiger charge is -2.07. The van der Waals surface area contributed by atoms with Crippen molar-refractivity contribution in [1.82, 2.24) is 9.78 Å². The van der Waals surface area contributed by atoms with Gasteiger partial charge in [-0.05, 0) is 6.07 Å². The first-order chi connectivity index (χ1) is 7.29. The summed E-state index contributed by atoms with van der Waals surface area (Å²) in [4.78, 5) is 0. The summed E-state index contributed by atoms with van der Waals surface area (Å²) in [5.74, 6) is 0.998. The van der Waals surface area contributed by atoms with Gasteiger partial charge in [0.15, 0.2) is 5.75 Å². The van der Waals surface area contributed by atoms with Gasteiger partial charge in [0, 0.05) is 5.56 Å². The molecule has 0 aliphatic carbocycles. The normalized spacial score (nSPS) is 10.2. The maximum Gasteiger partial charge on any atom is 0.153 e. The van der Waals surface area contributed by atoms with E-state index in [1.165, 1.54) is 6.20 Å². The van der Waals surface area contributed by atoms with Crippen molar-refractivity contribution >= 4 is 0 Å². The molecule has 0 saturated carbocycles. The summed E-state index contributed by atoms with van der Waals surface area (Å²) in [7, 11) is 1.64. The number of aromatic nitrogens is 2. The summed E-state index contributed by atoms with van der Waals surface area (Å²) in [6.45, 7) is 0.588. The van der Waals surface area contributed by atoms with Crippen molar-refractivity contribution in [2.75, 3.05) is 7.11 Å². The predicted octanol–water partition coefficient (Wildman–Crippen LogP) is 1.65. The van der Waals surface area contributed by atoms with Crippen molar-refractivity contribution in [3.8, 4) is 11.5 Å². The third-order valence-corrected chi connectivity index (χ3v) is 2.14. The molecule has 2 rings (SSSR count). The van der Waals surface area contributed by atoms with Crippen LogP contribution in [0.1, 0.15) is 5.56 Å². The van der Waals surface area contributed by atoms with Crippen LogP contribution < -0.4 is 4.74 Å². The van der Waals surface area contributed by atoms with Crippen LogP contribution in [0.15, 0.2) is 36.7 Å². The van der Waals surface area contributed by atoms with Gasteiger partial charge in [0.2, 0.25) is 0 Å². The fraction of sp³-hybridized carbons (Fsp3) is 0.182. The lowest BCUT2D eigenvalue weighted by atomic mass is 10.2. The number of benzene rings is 1. The molecule has 4 heteroatoms. The summed E-state index contributed by atoms with van der Waals surface area (Å²) in [5.41, 5.74) is 1.03. The van der Waals surface area contributed by atoms with E-state index in [0.717, 1.165) is 11.3 Å². The average Bonchev–Trinajstić information content (AvgIpc) is 2.65. The molecule has 0 amide bonds. The van der Waals surface area contributed by atoms with Crippen LogP contribution in [0.3, 0.4) is 0 Å². The van der Waals surface area contributed by atoms with E-state index < -0.39 is 0 Å². The van der Waals surface area contributed by atoms with Crippen molar-refractivity contribution in [1.29, 1.82) is 0 Å². The van der Waals surface area contributed by atoms with Gasteiger partial charge in [-0.1, -0.05) is 18.2 Å². The third-order valence-electron chi connectivity index (χ3n) is 2.14. The van der Waals surface area contributed by atoms with Crippen LogP contribution in [0.2, 0.25) is 0 Å². The Hall–Kier alpha value is -1.97. The third kappa shape index (κ3) is 2.10. The molecule has 1 aromatic heterocycles. The summed E-state index contributed by atoms with van der Waals surface area (Å²) >= 11 is 0. The second-order valence-electron chi connectivity index (χ2n) is 3.21. The molecule has 1 aromatic carbocycles. The number of aromatic hydroxyl groups is 1. The molecule has 1 N–H and O–H groups in total. The van der Waals surface area contributed by atoms with Crippen LogP contribution in [0.4, 0.5) is 0 Å². The lowest BCUT2D eigenvalue weighted by molar-refractivity contribution is 0.407. The number of para-hydroxylation sites is 1. The molecule has 0 atom stereocenters. The standard InChI is InChI=1S/C11H12N2O2/c1-15-11-5-3-2-4-9(11)7-13-8-10(14)6-12-13/h2-6,8,14H,7H2,1H3. The molecule has 1 heterocycles. The minimum atomic E-state index is 0.171.